The molecule has 0 bridgehead atoms. The maximum atomic E-state index is 12.0. The van der Waals surface area contributed by atoms with Crippen LogP contribution in [0.1, 0.15) is 24.1 Å². The van der Waals surface area contributed by atoms with Crippen molar-refractivity contribution in [3.05, 3.63) is 47.9 Å². The molecule has 0 saturated heterocycles. The number of hydrogen-bond acceptors (Lipinski definition) is 3. The van der Waals surface area contributed by atoms with Gasteiger partial charge in [-0.1, -0.05) is 0 Å². The Labute approximate surface area is 117 Å². The fourth-order valence-electron chi connectivity index (χ4n) is 1.90. The number of aromatic amines is 1. The number of carbonyl (C=O) groups is 1. The minimum absolute atomic E-state index is 0.0220. The predicted octanol–water partition coefficient (Wildman–Crippen LogP) is 2.27. The summed E-state index contributed by atoms with van der Waals surface area (Å²) in [6.07, 6.45) is 5.46. The van der Waals surface area contributed by atoms with Crippen LogP contribution in [0.5, 0.6) is 0 Å². The van der Waals surface area contributed by atoms with Crippen molar-refractivity contribution in [3.63, 3.8) is 0 Å². The average Bonchev–Trinajstić information content (AvgIpc) is 2.99. The number of amides is 1. The second-order valence-corrected chi connectivity index (χ2v) is 4.52. The molecule has 0 radical (unpaired) electrons. The zero-order chi connectivity index (χ0) is 14.4. The van der Waals surface area contributed by atoms with E-state index in [0.29, 0.717) is 17.8 Å². The number of nitrogens with one attached hydrogen (secondary N) is 1. The lowest BCUT2D eigenvalue weighted by molar-refractivity contribution is -0.118. The number of rotatable bonds is 5. The second kappa shape index (κ2) is 6.53. The minimum atomic E-state index is 0.0220. The number of pyridine rings is 1. The van der Waals surface area contributed by atoms with E-state index in [1.807, 2.05) is 24.4 Å². The Morgan fingerprint density at radius 1 is 1.45 bits per heavy atom. The van der Waals surface area contributed by atoms with Crippen LogP contribution in [0.3, 0.4) is 0 Å². The first-order valence-electron chi connectivity index (χ1n) is 6.45. The summed E-state index contributed by atoms with van der Waals surface area (Å²) in [4.78, 5) is 20.8. The number of nitriles is 1. The Morgan fingerprint density at radius 3 is 2.90 bits per heavy atom. The van der Waals surface area contributed by atoms with E-state index in [9.17, 15) is 4.79 Å². The van der Waals surface area contributed by atoms with Crippen molar-refractivity contribution in [1.29, 1.82) is 5.26 Å². The fourth-order valence-corrected chi connectivity index (χ4v) is 1.90. The molecule has 0 spiro atoms. The molecule has 20 heavy (non-hydrogen) atoms. The van der Waals surface area contributed by atoms with Gasteiger partial charge in [0.05, 0.1) is 5.56 Å². The maximum Gasteiger partial charge on any atom is 0.227 e. The number of anilines is 1. The van der Waals surface area contributed by atoms with E-state index in [1.54, 1.807) is 19.2 Å². The molecule has 0 aliphatic heterocycles. The summed E-state index contributed by atoms with van der Waals surface area (Å²) >= 11 is 0. The highest BCUT2D eigenvalue weighted by atomic mass is 16.2. The summed E-state index contributed by atoms with van der Waals surface area (Å²) in [6.45, 7) is 0. The largest absolute Gasteiger partial charge is 0.365 e. The second-order valence-electron chi connectivity index (χ2n) is 4.52. The van der Waals surface area contributed by atoms with Crippen molar-refractivity contribution in [3.8, 4) is 6.07 Å². The van der Waals surface area contributed by atoms with Crippen LogP contribution in [0.15, 0.2) is 36.7 Å². The molecule has 2 aromatic rings. The van der Waals surface area contributed by atoms with Crippen molar-refractivity contribution >= 4 is 11.7 Å². The lowest BCUT2D eigenvalue weighted by Crippen LogP contribution is -2.26. The monoisotopic (exact) mass is 268 g/mol. The summed E-state index contributed by atoms with van der Waals surface area (Å²) in [5, 5.41) is 8.71. The number of carbonyl (C=O) groups excluding carboxylic acids is 1. The van der Waals surface area contributed by atoms with E-state index in [0.717, 1.165) is 18.5 Å². The van der Waals surface area contributed by atoms with Gasteiger partial charge < -0.3 is 4.98 Å². The van der Waals surface area contributed by atoms with Crippen molar-refractivity contribution in [2.45, 2.75) is 19.3 Å². The zero-order valence-corrected chi connectivity index (χ0v) is 11.3. The summed E-state index contributed by atoms with van der Waals surface area (Å²) in [6, 6.07) is 9.30. The van der Waals surface area contributed by atoms with E-state index in [1.165, 1.54) is 11.1 Å². The van der Waals surface area contributed by atoms with E-state index in [-0.39, 0.29) is 5.91 Å². The number of nitrogens with zero attached hydrogens (tertiary/aromatic N) is 3. The highest BCUT2D eigenvalue weighted by Crippen LogP contribution is 2.12. The van der Waals surface area contributed by atoms with Gasteiger partial charge in [0.25, 0.3) is 0 Å². The quantitative estimate of drug-likeness (QED) is 0.904. The lowest BCUT2D eigenvalue weighted by Gasteiger charge is -2.15. The summed E-state index contributed by atoms with van der Waals surface area (Å²) in [5.41, 5.74) is 1.62. The third kappa shape index (κ3) is 3.45. The van der Waals surface area contributed by atoms with Gasteiger partial charge in [-0.3, -0.25) is 9.69 Å². The molecule has 5 heteroatoms. The van der Waals surface area contributed by atoms with Gasteiger partial charge in [-0.25, -0.2) is 4.98 Å². The van der Waals surface area contributed by atoms with Gasteiger partial charge in [-0.2, -0.15) is 5.26 Å². The van der Waals surface area contributed by atoms with E-state index < -0.39 is 0 Å². The molecular weight excluding hydrogens is 252 g/mol. The zero-order valence-electron chi connectivity index (χ0n) is 11.3. The molecule has 0 atom stereocenters. The molecule has 5 nitrogen and oxygen atoms in total. The molecule has 2 aromatic heterocycles. The molecule has 1 amide bonds. The number of aromatic nitrogens is 2. The fraction of sp³-hybridized carbons (Fsp3) is 0.267. The van der Waals surface area contributed by atoms with Crippen LogP contribution < -0.4 is 4.90 Å². The number of hydrogen-bond donors (Lipinski definition) is 1. The van der Waals surface area contributed by atoms with Crippen LogP contribution in [0.4, 0.5) is 5.82 Å². The van der Waals surface area contributed by atoms with Gasteiger partial charge in [0.15, 0.2) is 0 Å². The minimum Gasteiger partial charge on any atom is -0.365 e. The van der Waals surface area contributed by atoms with Gasteiger partial charge in [0.2, 0.25) is 5.91 Å². The highest BCUT2D eigenvalue weighted by Gasteiger charge is 2.11. The first-order chi connectivity index (χ1) is 9.70. The van der Waals surface area contributed by atoms with Crippen molar-refractivity contribution in [2.75, 3.05) is 11.9 Å². The van der Waals surface area contributed by atoms with Gasteiger partial charge in [-0.05, 0) is 37.1 Å². The lowest BCUT2D eigenvalue weighted by atomic mass is 10.2. The Kier molecular flexibility index (Phi) is 4.51. The number of H-pyrrole nitrogens is 1. The SMILES string of the molecule is CN(C(=O)CCCc1ccc[nH]1)c1ccc(C#N)cn1. The first-order valence-corrected chi connectivity index (χ1v) is 6.45. The summed E-state index contributed by atoms with van der Waals surface area (Å²) < 4.78 is 0. The van der Waals surface area contributed by atoms with Crippen LogP contribution in [0, 0.1) is 11.3 Å². The Balaban J connectivity index is 1.86. The van der Waals surface area contributed by atoms with E-state index in [2.05, 4.69) is 9.97 Å². The van der Waals surface area contributed by atoms with Crippen molar-refractivity contribution in [2.24, 2.45) is 0 Å². The molecule has 102 valence electrons. The molecule has 2 heterocycles. The van der Waals surface area contributed by atoms with Crippen LogP contribution in [-0.4, -0.2) is 22.9 Å². The van der Waals surface area contributed by atoms with Gasteiger partial charge in [0, 0.05) is 31.6 Å². The molecule has 2 rings (SSSR count). The third-order valence-electron chi connectivity index (χ3n) is 3.09. The molecule has 1 N–H and O–H groups in total. The first kappa shape index (κ1) is 13.8. The standard InChI is InChI=1S/C15H16N4O/c1-19(14-8-7-12(10-16)11-18-14)15(20)6-2-4-13-5-3-9-17-13/h3,5,7-9,11,17H,2,4,6H2,1H3. The molecule has 0 aliphatic rings. The van der Waals surface area contributed by atoms with Gasteiger partial charge in [-0.15, -0.1) is 0 Å². The van der Waals surface area contributed by atoms with Crippen LogP contribution >= 0.6 is 0 Å². The highest BCUT2D eigenvalue weighted by molar-refractivity contribution is 5.91. The van der Waals surface area contributed by atoms with Crippen molar-refractivity contribution in [1.82, 2.24) is 9.97 Å². The van der Waals surface area contributed by atoms with Gasteiger partial charge >= 0.3 is 0 Å². The average molecular weight is 268 g/mol. The predicted molar refractivity (Wildman–Crippen MR) is 76.1 cm³/mol. The molecule has 0 fully saturated rings. The molecular formula is C15H16N4O. The normalized spacial score (nSPS) is 10.0. The Hall–Kier alpha value is -2.61. The Morgan fingerprint density at radius 2 is 2.30 bits per heavy atom. The molecule has 0 aliphatic carbocycles. The van der Waals surface area contributed by atoms with Crippen LogP contribution in [-0.2, 0) is 11.2 Å². The molecule has 0 unspecified atom stereocenters. The molecule has 0 aromatic carbocycles. The topological polar surface area (TPSA) is 72.8 Å². The number of aryl methyl sites for hydroxylation is 1. The van der Waals surface area contributed by atoms with Crippen molar-refractivity contribution < 1.29 is 4.79 Å². The van der Waals surface area contributed by atoms with Gasteiger partial charge in [0.1, 0.15) is 11.9 Å². The van der Waals surface area contributed by atoms with Crippen LogP contribution in [0.25, 0.3) is 0 Å². The summed E-state index contributed by atoms with van der Waals surface area (Å²) in [5.74, 6) is 0.586. The van der Waals surface area contributed by atoms with E-state index in [4.69, 9.17) is 5.26 Å². The summed E-state index contributed by atoms with van der Waals surface area (Å²) in [7, 11) is 1.70. The smallest absolute Gasteiger partial charge is 0.227 e. The third-order valence-corrected chi connectivity index (χ3v) is 3.09. The molecule has 0 saturated carbocycles. The van der Waals surface area contributed by atoms with Crippen LogP contribution in [0.2, 0.25) is 0 Å². The Bertz CT molecular complexity index is 596. The van der Waals surface area contributed by atoms with E-state index >= 15 is 0 Å². The maximum absolute atomic E-state index is 12.0.